The summed E-state index contributed by atoms with van der Waals surface area (Å²) in [5.74, 6) is -0.0238. The Bertz CT molecular complexity index is 928. The summed E-state index contributed by atoms with van der Waals surface area (Å²) in [7, 11) is 0. The van der Waals surface area contributed by atoms with Gasteiger partial charge in [-0.15, -0.1) is 0 Å². The molecule has 0 radical (unpaired) electrons. The van der Waals surface area contributed by atoms with Gasteiger partial charge in [0.05, 0.1) is 5.02 Å². The third-order valence-electron chi connectivity index (χ3n) is 4.66. The van der Waals surface area contributed by atoms with Gasteiger partial charge in [-0.05, 0) is 30.7 Å². The number of fused-ring (bicyclic) bond motifs is 1. The van der Waals surface area contributed by atoms with Gasteiger partial charge >= 0.3 is 0 Å². The number of aromatic nitrogens is 2. The lowest BCUT2D eigenvalue weighted by atomic mass is 10.1. The Kier molecular flexibility index (Phi) is 4.09. The molecule has 1 aliphatic heterocycles. The van der Waals surface area contributed by atoms with Crippen molar-refractivity contribution in [1.29, 1.82) is 0 Å². The van der Waals surface area contributed by atoms with Crippen LogP contribution in [-0.4, -0.2) is 46.4 Å². The number of halogens is 1. The summed E-state index contributed by atoms with van der Waals surface area (Å²) < 4.78 is 1.79. The Hall–Kier alpha value is -2.53. The van der Waals surface area contributed by atoms with Crippen molar-refractivity contribution in [3.8, 4) is 0 Å². The number of benzene rings is 1. The zero-order valence-corrected chi connectivity index (χ0v) is 14.8. The van der Waals surface area contributed by atoms with Crippen LogP contribution in [-0.2, 0) is 0 Å². The number of aryl methyl sites for hydroxylation is 1. The summed E-state index contributed by atoms with van der Waals surface area (Å²) >= 11 is 5.99. The van der Waals surface area contributed by atoms with E-state index >= 15 is 0 Å². The first kappa shape index (κ1) is 16.0. The maximum Gasteiger partial charge on any atom is 0.274 e. The number of piperazine rings is 1. The molecule has 0 aliphatic carbocycles. The predicted octanol–water partition coefficient (Wildman–Crippen LogP) is 3.26. The summed E-state index contributed by atoms with van der Waals surface area (Å²) in [5, 5.41) is 0.621. The van der Waals surface area contributed by atoms with Crippen molar-refractivity contribution >= 4 is 28.8 Å². The fourth-order valence-corrected chi connectivity index (χ4v) is 3.47. The summed E-state index contributed by atoms with van der Waals surface area (Å²) in [6, 6.07) is 12.0. The summed E-state index contributed by atoms with van der Waals surface area (Å²) in [4.78, 5) is 21.4. The highest BCUT2D eigenvalue weighted by molar-refractivity contribution is 6.30. The van der Waals surface area contributed by atoms with Crippen molar-refractivity contribution in [2.75, 3.05) is 31.1 Å². The van der Waals surface area contributed by atoms with E-state index in [1.165, 1.54) is 11.3 Å². The van der Waals surface area contributed by atoms with Gasteiger partial charge in [0, 0.05) is 44.3 Å². The minimum absolute atomic E-state index is 0.0238. The van der Waals surface area contributed by atoms with Gasteiger partial charge in [-0.2, -0.15) is 0 Å². The zero-order chi connectivity index (χ0) is 17.4. The van der Waals surface area contributed by atoms with Gasteiger partial charge in [-0.25, -0.2) is 4.98 Å². The second-order valence-corrected chi connectivity index (χ2v) is 6.74. The van der Waals surface area contributed by atoms with Crippen LogP contribution in [0.5, 0.6) is 0 Å². The second-order valence-electron chi connectivity index (χ2n) is 6.30. The minimum Gasteiger partial charge on any atom is -0.368 e. The summed E-state index contributed by atoms with van der Waals surface area (Å²) in [6.45, 7) is 5.17. The number of nitrogens with zero attached hydrogens (tertiary/aromatic N) is 4. The molecule has 3 heterocycles. The number of hydrogen-bond acceptors (Lipinski definition) is 3. The molecule has 3 aromatic rings. The molecule has 25 heavy (non-hydrogen) atoms. The highest BCUT2D eigenvalue weighted by Crippen LogP contribution is 2.21. The van der Waals surface area contributed by atoms with Gasteiger partial charge in [0.15, 0.2) is 0 Å². The Morgan fingerprint density at radius 2 is 1.80 bits per heavy atom. The SMILES string of the molecule is Cc1ccccc1N1CCN(C(=O)c2cn3cc(Cl)ccc3n2)CC1. The number of rotatable bonds is 2. The van der Waals surface area contributed by atoms with Crippen LogP contribution < -0.4 is 4.90 Å². The van der Waals surface area contributed by atoms with E-state index in [2.05, 4.69) is 35.0 Å². The van der Waals surface area contributed by atoms with Gasteiger partial charge in [0.1, 0.15) is 11.3 Å². The van der Waals surface area contributed by atoms with Gasteiger partial charge in [0.2, 0.25) is 0 Å². The molecule has 1 aliphatic rings. The molecular weight excluding hydrogens is 336 g/mol. The first-order valence-corrected chi connectivity index (χ1v) is 8.74. The Balaban J connectivity index is 1.48. The molecule has 6 heteroatoms. The Labute approximate surface area is 151 Å². The van der Waals surface area contributed by atoms with Crippen molar-refractivity contribution in [3.63, 3.8) is 0 Å². The fourth-order valence-electron chi connectivity index (χ4n) is 3.30. The van der Waals surface area contributed by atoms with Crippen molar-refractivity contribution in [2.24, 2.45) is 0 Å². The average molecular weight is 355 g/mol. The average Bonchev–Trinajstić information content (AvgIpc) is 3.05. The number of hydrogen-bond donors (Lipinski definition) is 0. The first-order valence-electron chi connectivity index (χ1n) is 8.36. The zero-order valence-electron chi connectivity index (χ0n) is 14.0. The van der Waals surface area contributed by atoms with E-state index in [9.17, 15) is 4.79 Å². The van der Waals surface area contributed by atoms with Crippen molar-refractivity contribution in [2.45, 2.75) is 6.92 Å². The maximum atomic E-state index is 12.8. The Morgan fingerprint density at radius 3 is 2.56 bits per heavy atom. The molecule has 0 saturated carbocycles. The lowest BCUT2D eigenvalue weighted by Crippen LogP contribution is -2.49. The molecule has 4 rings (SSSR count). The number of anilines is 1. The van der Waals surface area contributed by atoms with Crippen LogP contribution in [0.4, 0.5) is 5.69 Å². The number of amides is 1. The number of imidazole rings is 1. The Morgan fingerprint density at radius 1 is 1.04 bits per heavy atom. The normalized spacial score (nSPS) is 15.0. The minimum atomic E-state index is -0.0238. The largest absolute Gasteiger partial charge is 0.368 e. The number of pyridine rings is 1. The van der Waals surface area contributed by atoms with Gasteiger partial charge < -0.3 is 14.2 Å². The number of carbonyl (C=O) groups is 1. The van der Waals surface area contributed by atoms with Crippen LogP contribution in [0.25, 0.3) is 5.65 Å². The molecule has 128 valence electrons. The maximum absolute atomic E-state index is 12.8. The van der Waals surface area contributed by atoms with Crippen LogP contribution in [0, 0.1) is 6.92 Å². The van der Waals surface area contributed by atoms with Crippen molar-refractivity contribution < 1.29 is 4.79 Å². The van der Waals surface area contributed by atoms with Crippen LogP contribution >= 0.6 is 11.6 Å². The highest BCUT2D eigenvalue weighted by Gasteiger charge is 2.24. The standard InChI is InChI=1S/C19H19ClN4O/c1-14-4-2-3-5-17(14)22-8-10-23(11-9-22)19(25)16-13-24-12-15(20)6-7-18(24)21-16/h2-7,12-13H,8-11H2,1H3. The fraction of sp³-hybridized carbons (Fsp3) is 0.263. The van der Waals surface area contributed by atoms with E-state index < -0.39 is 0 Å². The van der Waals surface area contributed by atoms with E-state index in [-0.39, 0.29) is 5.91 Å². The van der Waals surface area contributed by atoms with Crippen molar-refractivity contribution in [1.82, 2.24) is 14.3 Å². The molecule has 1 saturated heterocycles. The molecule has 1 amide bonds. The van der Waals surface area contributed by atoms with Gasteiger partial charge in [-0.1, -0.05) is 29.8 Å². The second kappa shape index (κ2) is 6.41. The molecule has 0 spiro atoms. The van der Waals surface area contributed by atoms with E-state index in [4.69, 9.17) is 11.6 Å². The molecule has 5 nitrogen and oxygen atoms in total. The monoisotopic (exact) mass is 354 g/mol. The van der Waals surface area contributed by atoms with E-state index in [0.29, 0.717) is 23.8 Å². The van der Waals surface area contributed by atoms with Crippen LogP contribution in [0.15, 0.2) is 48.8 Å². The molecule has 0 N–H and O–H groups in total. The molecule has 0 bridgehead atoms. The molecule has 2 aromatic heterocycles. The van der Waals surface area contributed by atoms with E-state index in [1.54, 1.807) is 22.9 Å². The van der Waals surface area contributed by atoms with Crippen LogP contribution in [0.3, 0.4) is 0 Å². The third-order valence-corrected chi connectivity index (χ3v) is 4.88. The van der Waals surface area contributed by atoms with Crippen LogP contribution in [0.1, 0.15) is 16.1 Å². The van der Waals surface area contributed by atoms with E-state index in [0.717, 1.165) is 18.7 Å². The lowest BCUT2D eigenvalue weighted by molar-refractivity contribution is 0.0741. The van der Waals surface area contributed by atoms with Crippen LogP contribution in [0.2, 0.25) is 5.02 Å². The van der Waals surface area contributed by atoms with Crippen molar-refractivity contribution in [3.05, 3.63) is 65.1 Å². The number of para-hydroxylation sites is 1. The van der Waals surface area contributed by atoms with Gasteiger partial charge in [0.25, 0.3) is 5.91 Å². The molecule has 0 unspecified atom stereocenters. The summed E-state index contributed by atoms with van der Waals surface area (Å²) in [5.41, 5.74) is 3.70. The topological polar surface area (TPSA) is 40.9 Å². The molecule has 0 atom stereocenters. The number of carbonyl (C=O) groups excluding carboxylic acids is 1. The molecular formula is C19H19ClN4O. The molecule has 1 fully saturated rings. The van der Waals surface area contributed by atoms with Gasteiger partial charge in [-0.3, -0.25) is 4.79 Å². The smallest absolute Gasteiger partial charge is 0.274 e. The quantitative estimate of drug-likeness (QED) is 0.709. The highest BCUT2D eigenvalue weighted by atomic mass is 35.5. The third kappa shape index (κ3) is 3.07. The van der Waals surface area contributed by atoms with E-state index in [1.807, 2.05) is 17.0 Å². The first-order chi connectivity index (χ1) is 12.1. The lowest BCUT2D eigenvalue weighted by Gasteiger charge is -2.36. The predicted molar refractivity (Wildman–Crippen MR) is 99.5 cm³/mol. The molecule has 1 aromatic carbocycles. The summed E-state index contributed by atoms with van der Waals surface area (Å²) in [6.07, 6.45) is 3.51.